The van der Waals surface area contributed by atoms with E-state index in [1.165, 1.54) is 43.0 Å². The molecule has 17 nitrogen and oxygen atoms in total. The van der Waals surface area contributed by atoms with Crippen LogP contribution in [0.4, 0.5) is 9.18 Å². The number of hydrogen-bond acceptors (Lipinski definition) is 12. The van der Waals surface area contributed by atoms with Crippen molar-refractivity contribution in [3.63, 3.8) is 0 Å². The first-order valence-electron chi connectivity index (χ1n) is 23.5. The van der Waals surface area contributed by atoms with Gasteiger partial charge in [0.15, 0.2) is 5.78 Å². The van der Waals surface area contributed by atoms with Crippen LogP contribution in [0.2, 0.25) is 0 Å². The van der Waals surface area contributed by atoms with Gasteiger partial charge in [0.1, 0.15) is 23.5 Å². The fourth-order valence-electron chi connectivity index (χ4n) is 8.17. The zero-order valence-corrected chi connectivity index (χ0v) is 43.9. The van der Waals surface area contributed by atoms with Crippen LogP contribution in [0.1, 0.15) is 128 Å². The summed E-state index contributed by atoms with van der Waals surface area (Å²) in [5, 5.41) is 6.35. The number of aromatic nitrogens is 1. The number of ketones is 1. The second kappa shape index (κ2) is 25.2. The number of rotatable bonds is 23. The molecule has 0 fully saturated rings. The summed E-state index contributed by atoms with van der Waals surface area (Å²) in [6.45, 7) is 22.7. The largest absolute Gasteiger partial charge is 0.469 e. The maximum atomic E-state index is 15.0. The van der Waals surface area contributed by atoms with Gasteiger partial charge in [-0.3, -0.25) is 38.5 Å². The number of benzene rings is 1. The molecule has 0 aliphatic heterocycles. The average molecular weight is 972 g/mol. The molecule has 2 rings (SSSR count). The van der Waals surface area contributed by atoms with E-state index in [4.69, 9.17) is 18.9 Å². The minimum absolute atomic E-state index is 0.0341. The van der Waals surface area contributed by atoms with Gasteiger partial charge in [-0.2, -0.15) is 0 Å². The van der Waals surface area contributed by atoms with Gasteiger partial charge in [-0.15, -0.1) is 0 Å². The molecule has 0 saturated carbocycles. The molecule has 4 amide bonds. The van der Waals surface area contributed by atoms with Crippen molar-refractivity contribution in [2.24, 2.45) is 24.3 Å². The fraction of sp³-hybridized carbons (Fsp3) is 0.647. The van der Waals surface area contributed by atoms with E-state index in [2.05, 4.69) is 10.6 Å². The van der Waals surface area contributed by atoms with Crippen LogP contribution in [0.5, 0.6) is 0 Å². The lowest BCUT2D eigenvalue weighted by molar-refractivity contribution is -0.151. The standard InChI is InChI=1S/C51H78FN5O12/c1-18-67-41(60)24-20-32(47(64)68-19-2)27-39(58)36(23-25-40(59)66-17)53-44(61)31(5)26-37(30(3)4)56(15)46(63)42(49(6,7)8)54-45(62)43(57(16)48(65)69-50(9,10)11)51(12,13)35-29-55(14)38-28-33(52)21-22-34(35)38/h21-22,26,28-30,32,36-37,42-43H,18-20,23-25,27H2,1-17H3,(H,53,61)(H,54,62)/b31-26+/t32-,36+,37+,42+,43+/m0/s1. The number of methoxy groups -OCH3 is 1. The summed E-state index contributed by atoms with van der Waals surface area (Å²) in [4.78, 5) is 111. The van der Waals surface area contributed by atoms with Crippen molar-refractivity contribution in [1.29, 1.82) is 0 Å². The Morgan fingerprint density at radius 1 is 0.841 bits per heavy atom. The highest BCUT2D eigenvalue weighted by Gasteiger charge is 2.47. The topological polar surface area (TPSA) is 209 Å². The summed E-state index contributed by atoms with van der Waals surface area (Å²) >= 11 is 0. The number of ether oxygens (including phenoxy) is 4. The molecule has 2 aromatic rings. The van der Waals surface area contributed by atoms with Gasteiger partial charge in [-0.25, -0.2) is 9.18 Å². The smallest absolute Gasteiger partial charge is 0.410 e. The second-order valence-electron chi connectivity index (χ2n) is 20.5. The Balaban J connectivity index is 2.57. The lowest BCUT2D eigenvalue weighted by atomic mass is 9.76. The lowest BCUT2D eigenvalue weighted by Crippen LogP contribution is -2.63. The quantitative estimate of drug-likeness (QED) is 0.0677. The third-order valence-electron chi connectivity index (χ3n) is 11.9. The Kier molecular flexibility index (Phi) is 21.6. The van der Waals surface area contributed by atoms with Crippen LogP contribution in [0.3, 0.4) is 0 Å². The molecule has 386 valence electrons. The SMILES string of the molecule is CCOC(=O)CC[C@@H](CC(=O)[C@@H](CCC(=O)OC)NC(=O)/C(C)=C/[C@H](C(C)C)N(C)C(=O)[C@@H](NC(=O)[C@@H](N(C)C(=O)OC(C)(C)C)C(C)(C)c1cn(C)c2cc(F)ccc12)C(C)(C)C)C(=O)OCC. The van der Waals surface area contributed by atoms with Crippen LogP contribution in [0.15, 0.2) is 36.0 Å². The summed E-state index contributed by atoms with van der Waals surface area (Å²) in [6, 6.07) is -0.0865. The van der Waals surface area contributed by atoms with E-state index in [0.29, 0.717) is 16.5 Å². The summed E-state index contributed by atoms with van der Waals surface area (Å²) in [7, 11) is 5.95. The monoisotopic (exact) mass is 972 g/mol. The number of Topliss-reactive ketones (excluding diaryl/α,β-unsaturated/α-hetero) is 1. The first-order chi connectivity index (χ1) is 31.8. The van der Waals surface area contributed by atoms with Crippen molar-refractivity contribution in [1.82, 2.24) is 25.0 Å². The average Bonchev–Trinajstić information content (AvgIpc) is 3.58. The van der Waals surface area contributed by atoms with Crippen LogP contribution in [0, 0.1) is 23.1 Å². The molecule has 0 unspecified atom stereocenters. The van der Waals surface area contributed by atoms with Crippen LogP contribution >= 0.6 is 0 Å². The molecule has 1 aromatic carbocycles. The third kappa shape index (κ3) is 16.7. The zero-order valence-electron chi connectivity index (χ0n) is 43.9. The molecule has 0 aliphatic rings. The van der Waals surface area contributed by atoms with Crippen molar-refractivity contribution in [2.45, 2.75) is 157 Å². The predicted molar refractivity (Wildman–Crippen MR) is 259 cm³/mol. The normalized spacial score (nSPS) is 14.4. The van der Waals surface area contributed by atoms with E-state index in [1.807, 2.05) is 13.8 Å². The zero-order chi connectivity index (χ0) is 52.9. The molecular formula is C51H78FN5O12. The van der Waals surface area contributed by atoms with Gasteiger partial charge >= 0.3 is 24.0 Å². The Morgan fingerprint density at radius 2 is 1.43 bits per heavy atom. The molecular weight excluding hydrogens is 894 g/mol. The molecule has 0 radical (unpaired) electrons. The van der Waals surface area contributed by atoms with Gasteiger partial charge in [0.05, 0.1) is 43.8 Å². The molecule has 0 aliphatic carbocycles. The minimum Gasteiger partial charge on any atom is -0.469 e. The summed E-state index contributed by atoms with van der Waals surface area (Å²) < 4.78 is 36.9. The van der Waals surface area contributed by atoms with E-state index in [0.717, 1.165) is 0 Å². The Hall–Kier alpha value is -5.81. The third-order valence-corrected chi connectivity index (χ3v) is 11.9. The maximum absolute atomic E-state index is 15.0. The Bertz CT molecular complexity index is 2200. The van der Waals surface area contributed by atoms with Crippen molar-refractivity contribution in [2.75, 3.05) is 34.4 Å². The van der Waals surface area contributed by atoms with Gasteiger partial charge in [-0.05, 0) is 89.5 Å². The van der Waals surface area contributed by atoms with Crippen LogP contribution < -0.4 is 10.6 Å². The second-order valence-corrected chi connectivity index (χ2v) is 20.5. The van der Waals surface area contributed by atoms with E-state index in [-0.39, 0.29) is 50.4 Å². The van der Waals surface area contributed by atoms with Crippen LogP contribution in [-0.4, -0.2) is 126 Å². The number of hydrogen-bond donors (Lipinski definition) is 2. The van der Waals surface area contributed by atoms with Gasteiger partial charge in [0, 0.05) is 63.0 Å². The molecule has 0 bridgehead atoms. The van der Waals surface area contributed by atoms with Crippen LogP contribution in [-0.2, 0) is 65.0 Å². The lowest BCUT2D eigenvalue weighted by Gasteiger charge is -2.42. The Labute approximate surface area is 407 Å². The Morgan fingerprint density at radius 3 is 1.97 bits per heavy atom. The minimum atomic E-state index is -1.27. The number of amides is 4. The van der Waals surface area contributed by atoms with Crippen molar-refractivity contribution in [3.8, 4) is 0 Å². The van der Waals surface area contributed by atoms with Gasteiger partial charge < -0.3 is 39.0 Å². The van der Waals surface area contributed by atoms with E-state index in [9.17, 15) is 42.7 Å². The number of nitrogens with zero attached hydrogens (tertiary/aromatic N) is 3. The maximum Gasteiger partial charge on any atom is 0.410 e. The molecule has 1 aromatic heterocycles. The molecule has 2 N–H and O–H groups in total. The van der Waals surface area contributed by atoms with Crippen molar-refractivity contribution >= 4 is 58.4 Å². The number of halogens is 1. The molecule has 0 saturated heterocycles. The number of carbonyl (C=O) groups is 8. The van der Waals surface area contributed by atoms with Gasteiger partial charge in [-0.1, -0.05) is 54.5 Å². The molecule has 1 heterocycles. The van der Waals surface area contributed by atoms with Gasteiger partial charge in [0.25, 0.3) is 0 Å². The van der Waals surface area contributed by atoms with Gasteiger partial charge in [0.2, 0.25) is 17.7 Å². The van der Waals surface area contributed by atoms with E-state index < -0.39 is 106 Å². The number of nitrogens with one attached hydrogen (secondary N) is 2. The van der Waals surface area contributed by atoms with E-state index >= 15 is 0 Å². The number of carbonyl (C=O) groups excluding carboxylic acids is 8. The number of aryl methyl sites for hydroxylation is 1. The predicted octanol–water partition coefficient (Wildman–Crippen LogP) is 6.71. The molecule has 0 spiro atoms. The number of likely N-dealkylation sites (N-methyl/N-ethyl adjacent to an activating group) is 2. The fourth-order valence-corrected chi connectivity index (χ4v) is 8.17. The molecule has 18 heteroatoms. The van der Waals surface area contributed by atoms with Crippen LogP contribution in [0.25, 0.3) is 10.9 Å². The molecule has 69 heavy (non-hydrogen) atoms. The van der Waals surface area contributed by atoms with Crippen molar-refractivity contribution in [3.05, 3.63) is 47.4 Å². The van der Waals surface area contributed by atoms with Crippen molar-refractivity contribution < 1.29 is 61.7 Å². The first-order valence-corrected chi connectivity index (χ1v) is 23.5. The highest BCUT2D eigenvalue weighted by molar-refractivity contribution is 5.98. The summed E-state index contributed by atoms with van der Waals surface area (Å²) in [5.74, 6) is -6.06. The number of esters is 3. The number of fused-ring (bicyclic) bond motifs is 1. The highest BCUT2D eigenvalue weighted by Crippen LogP contribution is 2.38. The summed E-state index contributed by atoms with van der Waals surface area (Å²) in [6.07, 6.45) is 1.61. The highest BCUT2D eigenvalue weighted by atomic mass is 19.1. The molecule has 5 atom stereocenters. The first kappa shape index (κ1) is 59.3. The summed E-state index contributed by atoms with van der Waals surface area (Å²) in [5.41, 5.74) is -1.62. The van der Waals surface area contributed by atoms with E-state index in [1.54, 1.807) is 106 Å².